The molecule has 0 amide bonds. The van der Waals surface area contributed by atoms with Gasteiger partial charge in [-0.2, -0.15) is 5.26 Å². The summed E-state index contributed by atoms with van der Waals surface area (Å²) in [6.07, 6.45) is 4.20. The van der Waals surface area contributed by atoms with Crippen molar-refractivity contribution in [3.05, 3.63) is 23.9 Å². The molecular formula is C11H10N2O2. The van der Waals surface area contributed by atoms with Crippen LogP contribution in [0.25, 0.3) is 0 Å². The lowest BCUT2D eigenvalue weighted by Crippen LogP contribution is -2.14. The maximum atomic E-state index is 10.7. The molecule has 1 aliphatic rings. The summed E-state index contributed by atoms with van der Waals surface area (Å²) in [4.78, 5) is 14.6. The van der Waals surface area contributed by atoms with E-state index in [2.05, 4.69) is 4.98 Å². The summed E-state index contributed by atoms with van der Waals surface area (Å²) < 4.78 is 5.37. The molecular weight excluding hydrogens is 192 g/mol. The molecule has 2 rings (SSSR count). The Bertz CT molecular complexity index is 402. The number of aldehydes is 1. The standard InChI is InChI=1S/C11H10N2O2/c12-5-9-1-2-10(13-6-9)15-8-11(7-14)3-4-11/h1-2,6-7H,3-4,8H2. The van der Waals surface area contributed by atoms with E-state index in [4.69, 9.17) is 10.00 Å². The lowest BCUT2D eigenvalue weighted by atomic mass is 10.1. The van der Waals surface area contributed by atoms with Crippen LogP contribution in [-0.2, 0) is 4.79 Å². The number of rotatable bonds is 4. The third-order valence-corrected chi connectivity index (χ3v) is 2.52. The molecule has 0 aliphatic heterocycles. The van der Waals surface area contributed by atoms with Gasteiger partial charge in [-0.25, -0.2) is 4.98 Å². The number of ether oxygens (including phenoxy) is 1. The van der Waals surface area contributed by atoms with Gasteiger partial charge in [0.2, 0.25) is 5.88 Å². The van der Waals surface area contributed by atoms with Gasteiger partial charge in [0.05, 0.1) is 11.0 Å². The molecule has 4 nitrogen and oxygen atoms in total. The van der Waals surface area contributed by atoms with Crippen molar-refractivity contribution in [2.75, 3.05) is 6.61 Å². The number of pyridine rings is 1. The lowest BCUT2D eigenvalue weighted by Gasteiger charge is -2.08. The molecule has 0 unspecified atom stereocenters. The molecule has 0 radical (unpaired) electrons. The third kappa shape index (κ3) is 2.13. The van der Waals surface area contributed by atoms with Crippen LogP contribution in [0.2, 0.25) is 0 Å². The van der Waals surface area contributed by atoms with Crippen molar-refractivity contribution in [1.82, 2.24) is 4.98 Å². The van der Waals surface area contributed by atoms with E-state index in [1.807, 2.05) is 6.07 Å². The highest BCUT2D eigenvalue weighted by molar-refractivity contribution is 5.63. The maximum Gasteiger partial charge on any atom is 0.213 e. The third-order valence-electron chi connectivity index (χ3n) is 2.52. The predicted octanol–water partition coefficient (Wildman–Crippen LogP) is 1.31. The van der Waals surface area contributed by atoms with E-state index in [0.717, 1.165) is 19.1 Å². The molecule has 1 fully saturated rings. The second kappa shape index (κ2) is 3.70. The molecule has 1 aromatic heterocycles. The first-order valence-electron chi connectivity index (χ1n) is 4.73. The lowest BCUT2D eigenvalue weighted by molar-refractivity contribution is -0.113. The van der Waals surface area contributed by atoms with Crippen LogP contribution < -0.4 is 4.74 Å². The maximum absolute atomic E-state index is 10.7. The number of carbonyl (C=O) groups is 1. The van der Waals surface area contributed by atoms with E-state index in [1.165, 1.54) is 6.20 Å². The first-order valence-corrected chi connectivity index (χ1v) is 4.73. The predicted molar refractivity (Wildman–Crippen MR) is 52.2 cm³/mol. The fourth-order valence-corrected chi connectivity index (χ4v) is 1.21. The van der Waals surface area contributed by atoms with Gasteiger partial charge in [0.25, 0.3) is 0 Å². The van der Waals surface area contributed by atoms with Gasteiger partial charge in [0.15, 0.2) is 0 Å². The average Bonchev–Trinajstić information content (AvgIpc) is 3.08. The van der Waals surface area contributed by atoms with Crippen molar-refractivity contribution in [3.8, 4) is 11.9 Å². The smallest absolute Gasteiger partial charge is 0.213 e. The van der Waals surface area contributed by atoms with Gasteiger partial charge in [0.1, 0.15) is 19.0 Å². The highest BCUT2D eigenvalue weighted by Gasteiger charge is 2.43. The molecule has 15 heavy (non-hydrogen) atoms. The van der Waals surface area contributed by atoms with Crippen molar-refractivity contribution in [2.45, 2.75) is 12.8 Å². The minimum absolute atomic E-state index is 0.268. The molecule has 1 aliphatic carbocycles. The number of nitrogens with zero attached hydrogens (tertiary/aromatic N) is 2. The molecule has 1 heterocycles. The van der Waals surface area contributed by atoms with Crippen LogP contribution in [0.1, 0.15) is 18.4 Å². The largest absolute Gasteiger partial charge is 0.477 e. The second-order valence-corrected chi connectivity index (χ2v) is 3.77. The molecule has 0 aromatic carbocycles. The van der Waals surface area contributed by atoms with Crippen LogP contribution in [-0.4, -0.2) is 17.9 Å². The number of hydrogen-bond donors (Lipinski definition) is 0. The molecule has 0 saturated heterocycles. The molecule has 0 bridgehead atoms. The fraction of sp³-hybridized carbons (Fsp3) is 0.364. The van der Waals surface area contributed by atoms with Crippen LogP contribution in [0.3, 0.4) is 0 Å². The Kier molecular flexibility index (Phi) is 2.38. The Morgan fingerprint density at radius 1 is 1.60 bits per heavy atom. The van der Waals surface area contributed by atoms with E-state index in [-0.39, 0.29) is 5.41 Å². The number of nitriles is 1. The zero-order valence-electron chi connectivity index (χ0n) is 8.14. The normalized spacial score (nSPS) is 16.5. The van der Waals surface area contributed by atoms with Gasteiger partial charge in [-0.15, -0.1) is 0 Å². The van der Waals surface area contributed by atoms with E-state index in [1.54, 1.807) is 12.1 Å². The topological polar surface area (TPSA) is 63.0 Å². The van der Waals surface area contributed by atoms with Gasteiger partial charge >= 0.3 is 0 Å². The van der Waals surface area contributed by atoms with Gasteiger partial charge in [-0.05, 0) is 18.9 Å². The highest BCUT2D eigenvalue weighted by atomic mass is 16.5. The summed E-state index contributed by atoms with van der Waals surface area (Å²) in [5.41, 5.74) is 0.231. The van der Waals surface area contributed by atoms with Crippen LogP contribution >= 0.6 is 0 Å². The Hall–Kier alpha value is -1.89. The molecule has 0 atom stereocenters. The van der Waals surface area contributed by atoms with Gasteiger partial charge in [0, 0.05) is 12.3 Å². The quantitative estimate of drug-likeness (QED) is 0.690. The minimum Gasteiger partial charge on any atom is -0.477 e. The number of hydrogen-bond acceptors (Lipinski definition) is 4. The SMILES string of the molecule is N#Cc1ccc(OCC2(C=O)CC2)nc1. The fourth-order valence-electron chi connectivity index (χ4n) is 1.21. The van der Waals surface area contributed by atoms with Crippen molar-refractivity contribution in [2.24, 2.45) is 5.41 Å². The van der Waals surface area contributed by atoms with Gasteiger partial charge in [-0.3, -0.25) is 0 Å². The van der Waals surface area contributed by atoms with Crippen molar-refractivity contribution >= 4 is 6.29 Å². The molecule has 4 heteroatoms. The summed E-state index contributed by atoms with van der Waals surface area (Å²) >= 11 is 0. The molecule has 1 aromatic rings. The zero-order chi connectivity index (χ0) is 10.7. The minimum atomic E-state index is -0.268. The first-order chi connectivity index (χ1) is 7.28. The second-order valence-electron chi connectivity index (χ2n) is 3.77. The average molecular weight is 202 g/mol. The van der Waals surface area contributed by atoms with Crippen molar-refractivity contribution in [3.63, 3.8) is 0 Å². The van der Waals surface area contributed by atoms with Gasteiger partial charge in [-0.1, -0.05) is 0 Å². The Balaban J connectivity index is 1.94. The summed E-state index contributed by atoms with van der Waals surface area (Å²) in [5, 5.41) is 8.56. The van der Waals surface area contributed by atoms with Crippen LogP contribution in [0.5, 0.6) is 5.88 Å². The Morgan fingerprint density at radius 2 is 2.40 bits per heavy atom. The van der Waals surface area contributed by atoms with E-state index >= 15 is 0 Å². The molecule has 0 N–H and O–H groups in total. The molecule has 1 saturated carbocycles. The van der Waals surface area contributed by atoms with E-state index in [0.29, 0.717) is 18.1 Å². The molecule has 76 valence electrons. The summed E-state index contributed by atoms with van der Waals surface area (Å²) in [5.74, 6) is 0.460. The number of carbonyl (C=O) groups excluding carboxylic acids is 1. The monoisotopic (exact) mass is 202 g/mol. The van der Waals surface area contributed by atoms with Crippen LogP contribution in [0, 0.1) is 16.7 Å². The zero-order valence-corrected chi connectivity index (χ0v) is 8.14. The van der Waals surface area contributed by atoms with Gasteiger partial charge < -0.3 is 9.53 Å². The van der Waals surface area contributed by atoms with E-state index < -0.39 is 0 Å². The summed E-state index contributed by atoms with van der Waals surface area (Å²) in [7, 11) is 0. The first kappa shape index (κ1) is 9.66. The number of aromatic nitrogens is 1. The van der Waals surface area contributed by atoms with Crippen molar-refractivity contribution in [1.29, 1.82) is 5.26 Å². The Labute approximate surface area is 87.5 Å². The highest BCUT2D eigenvalue weighted by Crippen LogP contribution is 2.43. The Morgan fingerprint density at radius 3 is 2.87 bits per heavy atom. The van der Waals surface area contributed by atoms with E-state index in [9.17, 15) is 4.79 Å². The van der Waals surface area contributed by atoms with Crippen LogP contribution in [0.4, 0.5) is 0 Å². The summed E-state index contributed by atoms with van der Waals surface area (Å²) in [6.45, 7) is 0.384. The van der Waals surface area contributed by atoms with Crippen molar-refractivity contribution < 1.29 is 9.53 Å². The molecule has 0 spiro atoms. The van der Waals surface area contributed by atoms with Crippen LogP contribution in [0.15, 0.2) is 18.3 Å². The summed E-state index contributed by atoms with van der Waals surface area (Å²) in [6, 6.07) is 5.26.